The molecule has 0 saturated carbocycles. The Balaban J connectivity index is 1.85. The molecule has 6 heteroatoms. The van der Waals surface area contributed by atoms with Crippen molar-refractivity contribution in [3.05, 3.63) is 47.8 Å². The van der Waals surface area contributed by atoms with Crippen LogP contribution in [0.15, 0.2) is 47.8 Å². The van der Waals surface area contributed by atoms with Crippen LogP contribution >= 0.6 is 22.7 Å². The maximum absolute atomic E-state index is 6.07. The van der Waals surface area contributed by atoms with E-state index < -0.39 is 0 Å². The van der Waals surface area contributed by atoms with Crippen LogP contribution in [0.1, 0.15) is 0 Å². The fraction of sp³-hybridized carbons (Fsp3) is 0. The number of thiophene rings is 1. The van der Waals surface area contributed by atoms with E-state index in [4.69, 9.17) is 5.73 Å². The third-order valence-corrected chi connectivity index (χ3v) is 4.88. The molecule has 0 amide bonds. The topological polar surface area (TPSA) is 56.7 Å². The van der Waals surface area contributed by atoms with Crippen molar-refractivity contribution in [3.63, 3.8) is 0 Å². The Hall–Kier alpha value is -2.18. The van der Waals surface area contributed by atoms with Gasteiger partial charge in [0, 0.05) is 6.07 Å². The number of rotatable bonds is 2. The lowest BCUT2D eigenvalue weighted by Gasteiger charge is -1.96. The summed E-state index contributed by atoms with van der Waals surface area (Å²) in [6.45, 7) is 0. The van der Waals surface area contributed by atoms with Gasteiger partial charge in [0.15, 0.2) is 0 Å². The molecule has 4 aromatic rings. The highest BCUT2D eigenvalue weighted by Crippen LogP contribution is 2.29. The minimum Gasteiger partial charge on any atom is -0.383 e. The van der Waals surface area contributed by atoms with Crippen LogP contribution in [0.3, 0.4) is 0 Å². The molecule has 98 valence electrons. The number of nitrogen functional groups attached to an aromatic ring is 1. The molecule has 0 aliphatic heterocycles. The first-order valence-electron chi connectivity index (χ1n) is 6.06. The van der Waals surface area contributed by atoms with E-state index in [9.17, 15) is 0 Å². The highest BCUT2D eigenvalue weighted by atomic mass is 32.1. The molecule has 0 unspecified atom stereocenters. The number of aromatic nitrogens is 3. The molecule has 0 aliphatic rings. The fourth-order valence-electron chi connectivity index (χ4n) is 2.04. The summed E-state index contributed by atoms with van der Waals surface area (Å²) in [5.74, 6) is 0.604. The molecular formula is C14H10N4S2. The summed E-state index contributed by atoms with van der Waals surface area (Å²) in [4.78, 5) is 5.69. The van der Waals surface area contributed by atoms with Gasteiger partial charge in [-0.05, 0) is 23.6 Å². The van der Waals surface area contributed by atoms with Crippen molar-refractivity contribution in [3.8, 4) is 15.7 Å². The molecule has 20 heavy (non-hydrogen) atoms. The quantitative estimate of drug-likeness (QED) is 0.612. The van der Waals surface area contributed by atoms with Crippen LogP contribution in [-0.2, 0) is 0 Å². The minimum atomic E-state index is 0.604. The van der Waals surface area contributed by atoms with E-state index in [0.717, 1.165) is 25.9 Å². The summed E-state index contributed by atoms with van der Waals surface area (Å²) in [7, 11) is 0. The summed E-state index contributed by atoms with van der Waals surface area (Å²) < 4.78 is 2.84. The van der Waals surface area contributed by atoms with Crippen LogP contribution in [0.25, 0.3) is 25.9 Å². The lowest BCUT2D eigenvalue weighted by atomic mass is 10.3. The molecule has 0 fully saturated rings. The molecule has 2 N–H and O–H groups in total. The Kier molecular flexibility index (Phi) is 2.58. The molecule has 4 rings (SSSR count). The van der Waals surface area contributed by atoms with Crippen molar-refractivity contribution in [1.82, 2.24) is 14.8 Å². The van der Waals surface area contributed by atoms with Gasteiger partial charge in [0.05, 0.1) is 15.1 Å². The molecule has 0 bridgehead atoms. The number of nitrogens with zero attached hydrogens (tertiary/aromatic N) is 3. The molecule has 1 aromatic carbocycles. The maximum Gasteiger partial charge on any atom is 0.213 e. The van der Waals surface area contributed by atoms with Gasteiger partial charge in [-0.1, -0.05) is 29.5 Å². The number of nitrogens with two attached hydrogens (primary N) is 1. The van der Waals surface area contributed by atoms with Gasteiger partial charge >= 0.3 is 0 Å². The second kappa shape index (κ2) is 4.43. The van der Waals surface area contributed by atoms with E-state index in [2.05, 4.69) is 16.1 Å². The predicted molar refractivity (Wildman–Crippen MR) is 84.5 cm³/mol. The average molecular weight is 298 g/mol. The van der Waals surface area contributed by atoms with Gasteiger partial charge in [-0.15, -0.1) is 11.3 Å². The molecule has 4 nitrogen and oxygen atoms in total. The van der Waals surface area contributed by atoms with Crippen LogP contribution in [-0.4, -0.2) is 14.8 Å². The number of para-hydroxylation sites is 1. The number of anilines is 1. The van der Waals surface area contributed by atoms with E-state index >= 15 is 0 Å². The molecule has 0 radical (unpaired) electrons. The Morgan fingerprint density at radius 1 is 1.10 bits per heavy atom. The third kappa shape index (κ3) is 1.81. The van der Waals surface area contributed by atoms with Gasteiger partial charge in [-0.3, -0.25) is 0 Å². The lowest BCUT2D eigenvalue weighted by molar-refractivity contribution is 0.888. The van der Waals surface area contributed by atoms with Crippen molar-refractivity contribution < 1.29 is 0 Å². The second-order valence-corrected chi connectivity index (χ2v) is 6.26. The molecule has 3 heterocycles. The van der Waals surface area contributed by atoms with E-state index in [1.807, 2.05) is 41.8 Å². The second-order valence-electron chi connectivity index (χ2n) is 4.31. The van der Waals surface area contributed by atoms with E-state index in [0.29, 0.717) is 5.82 Å². The zero-order valence-electron chi connectivity index (χ0n) is 10.4. The van der Waals surface area contributed by atoms with Crippen LogP contribution in [0, 0.1) is 0 Å². The number of benzene rings is 1. The van der Waals surface area contributed by atoms with Gasteiger partial charge in [0.2, 0.25) is 5.13 Å². The monoisotopic (exact) mass is 298 g/mol. The largest absolute Gasteiger partial charge is 0.383 e. The molecule has 0 aliphatic carbocycles. The smallest absolute Gasteiger partial charge is 0.213 e. The van der Waals surface area contributed by atoms with Gasteiger partial charge in [0.1, 0.15) is 11.5 Å². The summed E-state index contributed by atoms with van der Waals surface area (Å²) in [6.07, 6.45) is 0. The van der Waals surface area contributed by atoms with Gasteiger partial charge in [-0.2, -0.15) is 9.78 Å². The Labute approximate surface area is 123 Å². The molecule has 0 atom stereocenters. The SMILES string of the molecule is Nc1cc(-c2cccs2)nn1-c1nc2ccccc2s1. The minimum absolute atomic E-state index is 0.604. The van der Waals surface area contributed by atoms with E-state index in [1.165, 1.54) is 0 Å². The summed E-state index contributed by atoms with van der Waals surface area (Å²) >= 11 is 3.24. The average Bonchev–Trinajstić information content (AvgIpc) is 3.16. The van der Waals surface area contributed by atoms with Crippen LogP contribution in [0.4, 0.5) is 5.82 Å². The first-order chi connectivity index (χ1) is 9.81. The third-order valence-electron chi connectivity index (χ3n) is 2.97. The van der Waals surface area contributed by atoms with E-state index in [-0.39, 0.29) is 0 Å². The molecular weight excluding hydrogens is 288 g/mol. The maximum atomic E-state index is 6.07. The Morgan fingerprint density at radius 2 is 2.00 bits per heavy atom. The van der Waals surface area contributed by atoms with Gasteiger partial charge < -0.3 is 5.73 Å². The van der Waals surface area contributed by atoms with E-state index in [1.54, 1.807) is 27.4 Å². The summed E-state index contributed by atoms with van der Waals surface area (Å²) in [6, 6.07) is 14.0. The molecule has 3 aromatic heterocycles. The first kappa shape index (κ1) is 11.6. The number of thiazole rings is 1. The van der Waals surface area contributed by atoms with Gasteiger partial charge in [0.25, 0.3) is 0 Å². The summed E-state index contributed by atoms with van der Waals surface area (Å²) in [5.41, 5.74) is 7.93. The van der Waals surface area contributed by atoms with Crippen LogP contribution in [0.2, 0.25) is 0 Å². The number of hydrogen-bond donors (Lipinski definition) is 1. The summed E-state index contributed by atoms with van der Waals surface area (Å²) in [5, 5.41) is 7.40. The van der Waals surface area contributed by atoms with Gasteiger partial charge in [-0.25, -0.2) is 4.98 Å². The molecule has 0 spiro atoms. The van der Waals surface area contributed by atoms with Crippen molar-refractivity contribution in [2.24, 2.45) is 0 Å². The predicted octanol–water partition coefficient (Wildman–Crippen LogP) is 3.79. The normalized spacial score (nSPS) is 11.2. The Bertz CT molecular complexity index is 841. The van der Waals surface area contributed by atoms with Crippen LogP contribution in [0.5, 0.6) is 0 Å². The van der Waals surface area contributed by atoms with Crippen molar-refractivity contribution >= 4 is 38.7 Å². The lowest BCUT2D eigenvalue weighted by Crippen LogP contribution is -2.00. The zero-order chi connectivity index (χ0) is 13.5. The van der Waals surface area contributed by atoms with Crippen LogP contribution < -0.4 is 5.73 Å². The Morgan fingerprint density at radius 3 is 2.80 bits per heavy atom. The first-order valence-corrected chi connectivity index (χ1v) is 7.76. The number of hydrogen-bond acceptors (Lipinski definition) is 5. The fourth-order valence-corrected chi connectivity index (χ4v) is 3.66. The highest BCUT2D eigenvalue weighted by Gasteiger charge is 2.12. The zero-order valence-corrected chi connectivity index (χ0v) is 12.0. The standard InChI is InChI=1S/C14H10N4S2/c15-13-8-10(11-6-3-7-19-11)17-18(13)14-16-9-4-1-2-5-12(9)20-14/h1-8H,15H2. The van der Waals surface area contributed by atoms with Crippen molar-refractivity contribution in [2.45, 2.75) is 0 Å². The highest BCUT2D eigenvalue weighted by molar-refractivity contribution is 7.20. The number of fused-ring (bicyclic) bond motifs is 1. The van der Waals surface area contributed by atoms with Crippen molar-refractivity contribution in [2.75, 3.05) is 5.73 Å². The molecule has 0 saturated heterocycles. The van der Waals surface area contributed by atoms with Crippen molar-refractivity contribution in [1.29, 1.82) is 0 Å².